The quantitative estimate of drug-likeness (QED) is 0.402. The third kappa shape index (κ3) is 6.11. The molecule has 5 atom stereocenters. The molecular formula is C25H36N4O6. The number of hydrogen-bond acceptors (Lipinski definition) is 6. The summed E-state index contributed by atoms with van der Waals surface area (Å²) >= 11 is 0. The molecule has 35 heavy (non-hydrogen) atoms. The molecule has 2 saturated heterocycles. The normalized spacial score (nSPS) is 22.5. The number of amides is 3. The lowest BCUT2D eigenvalue weighted by Gasteiger charge is -2.32. The van der Waals surface area contributed by atoms with Gasteiger partial charge in [0.2, 0.25) is 17.7 Å². The molecule has 3 rings (SSSR count). The zero-order chi connectivity index (χ0) is 25.7. The van der Waals surface area contributed by atoms with Crippen LogP contribution in [0.1, 0.15) is 51.5 Å². The van der Waals surface area contributed by atoms with Crippen molar-refractivity contribution in [2.24, 2.45) is 11.7 Å². The Labute approximate surface area is 205 Å². The van der Waals surface area contributed by atoms with Crippen molar-refractivity contribution in [3.63, 3.8) is 0 Å². The fraction of sp³-hybridized carbons (Fsp3) is 0.600. The summed E-state index contributed by atoms with van der Waals surface area (Å²) in [4.78, 5) is 54.2. The maximum absolute atomic E-state index is 13.5. The van der Waals surface area contributed by atoms with Crippen LogP contribution in [-0.2, 0) is 25.6 Å². The number of benzene rings is 1. The van der Waals surface area contributed by atoms with Crippen molar-refractivity contribution in [3.05, 3.63) is 29.8 Å². The van der Waals surface area contributed by atoms with Gasteiger partial charge >= 0.3 is 5.97 Å². The monoisotopic (exact) mass is 488 g/mol. The van der Waals surface area contributed by atoms with Gasteiger partial charge in [-0.3, -0.25) is 14.4 Å². The van der Waals surface area contributed by atoms with Gasteiger partial charge in [-0.25, -0.2) is 4.79 Å². The first-order valence-electron chi connectivity index (χ1n) is 12.3. The lowest BCUT2D eigenvalue weighted by Crippen LogP contribution is -2.57. The highest BCUT2D eigenvalue weighted by atomic mass is 16.4. The zero-order valence-electron chi connectivity index (χ0n) is 20.4. The van der Waals surface area contributed by atoms with Gasteiger partial charge in [0.05, 0.1) is 6.04 Å². The predicted octanol–water partition coefficient (Wildman–Crippen LogP) is 0.860. The van der Waals surface area contributed by atoms with Crippen molar-refractivity contribution < 1.29 is 29.4 Å². The van der Waals surface area contributed by atoms with E-state index in [0.29, 0.717) is 45.2 Å². The number of hydrogen-bond donors (Lipinski definition) is 4. The summed E-state index contributed by atoms with van der Waals surface area (Å²) in [5.74, 6) is -2.30. The Morgan fingerprint density at radius 2 is 1.66 bits per heavy atom. The smallest absolute Gasteiger partial charge is 0.326 e. The number of nitrogens with zero attached hydrogens (tertiary/aromatic N) is 2. The highest BCUT2D eigenvalue weighted by molar-refractivity contribution is 5.95. The van der Waals surface area contributed by atoms with E-state index in [0.717, 1.165) is 5.56 Å². The molecule has 1 aromatic carbocycles. The molecule has 5 N–H and O–H groups in total. The molecule has 0 aliphatic carbocycles. The van der Waals surface area contributed by atoms with E-state index >= 15 is 0 Å². The van der Waals surface area contributed by atoms with Crippen LogP contribution in [0.25, 0.3) is 0 Å². The van der Waals surface area contributed by atoms with Gasteiger partial charge in [-0.15, -0.1) is 0 Å². The molecule has 10 nitrogen and oxygen atoms in total. The van der Waals surface area contributed by atoms with E-state index < -0.39 is 36.0 Å². The highest BCUT2D eigenvalue weighted by Crippen LogP contribution is 2.26. The minimum absolute atomic E-state index is 0.127. The number of rotatable bonds is 9. The number of carboxylic acid groups (broad SMARTS) is 1. The summed E-state index contributed by atoms with van der Waals surface area (Å²) in [5.41, 5.74) is 6.99. The SMILES string of the molecule is CCC(C)C(NC(=O)C1CCCN1C(=O)C1CCCN1C(=O)C(N)Cc1ccc(O)cc1)C(=O)O. The molecular weight excluding hydrogens is 452 g/mol. The molecule has 2 heterocycles. The Kier molecular flexibility index (Phi) is 8.71. The Bertz CT molecular complexity index is 936. The molecule has 10 heteroatoms. The second kappa shape index (κ2) is 11.5. The number of nitrogens with one attached hydrogen (secondary N) is 1. The first kappa shape index (κ1) is 26.5. The van der Waals surface area contributed by atoms with Crippen LogP contribution in [0.3, 0.4) is 0 Å². The maximum Gasteiger partial charge on any atom is 0.326 e. The molecule has 0 saturated carbocycles. The molecule has 5 unspecified atom stereocenters. The fourth-order valence-corrected chi connectivity index (χ4v) is 4.90. The number of carbonyl (C=O) groups excluding carboxylic acids is 3. The molecule has 0 aromatic heterocycles. The summed E-state index contributed by atoms with van der Waals surface area (Å²) in [6, 6.07) is 3.17. The lowest BCUT2D eigenvalue weighted by molar-refractivity contribution is -0.148. The average molecular weight is 489 g/mol. The van der Waals surface area contributed by atoms with E-state index in [9.17, 15) is 29.4 Å². The molecule has 2 fully saturated rings. The first-order valence-corrected chi connectivity index (χ1v) is 12.3. The minimum atomic E-state index is -1.10. The third-order valence-electron chi connectivity index (χ3n) is 7.15. The minimum Gasteiger partial charge on any atom is -0.508 e. The van der Waals surface area contributed by atoms with Gasteiger partial charge in [-0.05, 0) is 55.7 Å². The number of carbonyl (C=O) groups is 4. The Morgan fingerprint density at radius 1 is 1.06 bits per heavy atom. The van der Waals surface area contributed by atoms with E-state index in [2.05, 4.69) is 5.32 Å². The van der Waals surface area contributed by atoms with Crippen LogP contribution in [0.5, 0.6) is 5.75 Å². The van der Waals surface area contributed by atoms with Gasteiger partial charge in [0.15, 0.2) is 0 Å². The standard InChI is InChI=1S/C25H36N4O6/c1-3-15(2)21(25(34)35)27-22(31)19-6-4-12-28(19)24(33)20-7-5-13-29(20)23(32)18(26)14-16-8-10-17(30)11-9-16/h8-11,15,18-21,30H,3-7,12-14,26H2,1-2H3,(H,27,31)(H,34,35). The molecule has 2 aliphatic rings. The summed E-state index contributed by atoms with van der Waals surface area (Å²) < 4.78 is 0. The van der Waals surface area contributed by atoms with Crippen LogP contribution in [0.15, 0.2) is 24.3 Å². The zero-order valence-corrected chi connectivity index (χ0v) is 20.4. The van der Waals surface area contributed by atoms with Crippen LogP contribution in [0, 0.1) is 5.92 Å². The van der Waals surface area contributed by atoms with Gasteiger partial charge in [-0.1, -0.05) is 32.4 Å². The summed E-state index contributed by atoms with van der Waals surface area (Å²) in [5, 5.41) is 21.6. The molecule has 0 spiro atoms. The van der Waals surface area contributed by atoms with Gasteiger partial charge in [0, 0.05) is 13.1 Å². The van der Waals surface area contributed by atoms with E-state index in [1.54, 1.807) is 19.1 Å². The largest absolute Gasteiger partial charge is 0.508 e. The van der Waals surface area contributed by atoms with Crippen LogP contribution < -0.4 is 11.1 Å². The van der Waals surface area contributed by atoms with Crippen molar-refractivity contribution >= 4 is 23.7 Å². The van der Waals surface area contributed by atoms with Crippen LogP contribution in [0.2, 0.25) is 0 Å². The van der Waals surface area contributed by atoms with Crippen LogP contribution >= 0.6 is 0 Å². The molecule has 0 bridgehead atoms. The molecule has 2 aliphatic heterocycles. The summed E-state index contributed by atoms with van der Waals surface area (Å²) in [6.45, 7) is 4.42. The number of aromatic hydroxyl groups is 1. The number of phenols is 1. The molecule has 192 valence electrons. The molecule has 3 amide bonds. The second-order valence-corrected chi connectivity index (χ2v) is 9.57. The Morgan fingerprint density at radius 3 is 2.26 bits per heavy atom. The van der Waals surface area contributed by atoms with Crippen molar-refractivity contribution in [1.82, 2.24) is 15.1 Å². The van der Waals surface area contributed by atoms with E-state index in [4.69, 9.17) is 5.73 Å². The second-order valence-electron chi connectivity index (χ2n) is 9.57. The number of nitrogens with two attached hydrogens (primary N) is 1. The third-order valence-corrected chi connectivity index (χ3v) is 7.15. The number of phenolic OH excluding ortho intramolecular Hbond substituents is 1. The molecule has 1 aromatic rings. The van der Waals surface area contributed by atoms with Gasteiger partial charge in [0.1, 0.15) is 23.9 Å². The average Bonchev–Trinajstić information content (AvgIpc) is 3.52. The summed E-state index contributed by atoms with van der Waals surface area (Å²) in [6.07, 6.45) is 3.10. The Hall–Kier alpha value is -3.14. The van der Waals surface area contributed by atoms with Gasteiger partial charge < -0.3 is 31.1 Å². The van der Waals surface area contributed by atoms with Crippen molar-refractivity contribution in [2.45, 2.75) is 76.5 Å². The fourth-order valence-electron chi connectivity index (χ4n) is 4.90. The topological polar surface area (TPSA) is 153 Å². The van der Waals surface area contributed by atoms with E-state index in [-0.39, 0.29) is 29.9 Å². The Balaban J connectivity index is 1.67. The van der Waals surface area contributed by atoms with Gasteiger partial charge in [-0.2, -0.15) is 0 Å². The number of carboxylic acids is 1. The molecule has 0 radical (unpaired) electrons. The maximum atomic E-state index is 13.5. The van der Waals surface area contributed by atoms with Crippen molar-refractivity contribution in [2.75, 3.05) is 13.1 Å². The van der Waals surface area contributed by atoms with Crippen molar-refractivity contribution in [1.29, 1.82) is 0 Å². The number of likely N-dealkylation sites (tertiary alicyclic amines) is 2. The van der Waals surface area contributed by atoms with E-state index in [1.165, 1.54) is 21.9 Å². The highest BCUT2D eigenvalue weighted by Gasteiger charge is 2.43. The lowest BCUT2D eigenvalue weighted by atomic mass is 9.98. The summed E-state index contributed by atoms with van der Waals surface area (Å²) in [7, 11) is 0. The van der Waals surface area contributed by atoms with Crippen LogP contribution in [-0.4, -0.2) is 81.0 Å². The first-order chi connectivity index (χ1) is 16.6. The predicted molar refractivity (Wildman–Crippen MR) is 128 cm³/mol. The van der Waals surface area contributed by atoms with E-state index in [1.807, 2.05) is 6.92 Å². The van der Waals surface area contributed by atoms with Gasteiger partial charge in [0.25, 0.3) is 0 Å². The van der Waals surface area contributed by atoms with Crippen LogP contribution in [0.4, 0.5) is 0 Å². The number of aliphatic carboxylic acids is 1. The van der Waals surface area contributed by atoms with Crippen molar-refractivity contribution in [3.8, 4) is 5.75 Å².